The minimum absolute atomic E-state index is 0.0372. The number of hydrogen-bond donors (Lipinski definition) is 2. The first kappa shape index (κ1) is 15.0. The third-order valence-electron chi connectivity index (χ3n) is 4.01. The SMILES string of the molecule is CC1(C)CCCCC1C(=O)NCc1nc(C(=O)O)cs1. The molecule has 0 bridgehead atoms. The minimum atomic E-state index is -1.03. The Morgan fingerprint density at radius 1 is 1.50 bits per heavy atom. The van der Waals surface area contributed by atoms with Crippen molar-refractivity contribution in [2.75, 3.05) is 0 Å². The van der Waals surface area contributed by atoms with Crippen LogP contribution in [0.15, 0.2) is 5.38 Å². The van der Waals surface area contributed by atoms with Crippen LogP contribution in [-0.4, -0.2) is 22.0 Å². The maximum atomic E-state index is 12.3. The van der Waals surface area contributed by atoms with Crippen molar-refractivity contribution < 1.29 is 14.7 Å². The van der Waals surface area contributed by atoms with Gasteiger partial charge in [0.15, 0.2) is 5.69 Å². The van der Waals surface area contributed by atoms with Crippen molar-refractivity contribution in [3.63, 3.8) is 0 Å². The van der Waals surface area contributed by atoms with Crippen LogP contribution in [0.3, 0.4) is 0 Å². The summed E-state index contributed by atoms with van der Waals surface area (Å²) >= 11 is 1.26. The second-order valence-corrected chi connectivity index (χ2v) is 6.88. The van der Waals surface area contributed by atoms with E-state index in [9.17, 15) is 9.59 Å². The van der Waals surface area contributed by atoms with Gasteiger partial charge < -0.3 is 10.4 Å². The van der Waals surface area contributed by atoms with Gasteiger partial charge in [0.2, 0.25) is 5.91 Å². The molecule has 0 saturated heterocycles. The van der Waals surface area contributed by atoms with Gasteiger partial charge in [-0.1, -0.05) is 26.7 Å². The average Bonchev–Trinajstić information content (AvgIpc) is 2.84. The van der Waals surface area contributed by atoms with Gasteiger partial charge in [-0.2, -0.15) is 0 Å². The lowest BCUT2D eigenvalue weighted by Crippen LogP contribution is -2.40. The number of carbonyl (C=O) groups is 2. The topological polar surface area (TPSA) is 79.3 Å². The molecule has 1 heterocycles. The summed E-state index contributed by atoms with van der Waals surface area (Å²) in [6, 6.07) is 0. The Morgan fingerprint density at radius 2 is 2.25 bits per heavy atom. The van der Waals surface area contributed by atoms with E-state index in [4.69, 9.17) is 5.11 Å². The number of thiazole rings is 1. The molecule has 0 aromatic carbocycles. The van der Waals surface area contributed by atoms with E-state index in [0.717, 1.165) is 19.3 Å². The van der Waals surface area contributed by atoms with E-state index >= 15 is 0 Å². The zero-order chi connectivity index (χ0) is 14.8. The van der Waals surface area contributed by atoms with Crippen molar-refractivity contribution in [2.45, 2.75) is 46.1 Å². The number of aromatic nitrogens is 1. The largest absolute Gasteiger partial charge is 0.476 e. The summed E-state index contributed by atoms with van der Waals surface area (Å²) in [5, 5.41) is 13.8. The normalized spacial score (nSPS) is 21.4. The van der Waals surface area contributed by atoms with Crippen LogP contribution in [0.5, 0.6) is 0 Å². The Hall–Kier alpha value is -1.43. The molecule has 1 aliphatic rings. The molecule has 1 saturated carbocycles. The molecule has 0 radical (unpaired) electrons. The van der Waals surface area contributed by atoms with Gasteiger partial charge in [0.05, 0.1) is 6.54 Å². The number of rotatable bonds is 4. The van der Waals surface area contributed by atoms with Gasteiger partial charge >= 0.3 is 5.97 Å². The van der Waals surface area contributed by atoms with Crippen LogP contribution >= 0.6 is 11.3 Å². The Balaban J connectivity index is 1.92. The lowest BCUT2D eigenvalue weighted by molar-refractivity contribution is -0.130. The first-order valence-electron chi connectivity index (χ1n) is 6.85. The quantitative estimate of drug-likeness (QED) is 0.895. The van der Waals surface area contributed by atoms with Gasteiger partial charge in [-0.3, -0.25) is 4.79 Å². The smallest absolute Gasteiger partial charge is 0.355 e. The minimum Gasteiger partial charge on any atom is -0.476 e. The number of carboxylic acids is 1. The lowest BCUT2D eigenvalue weighted by Gasteiger charge is -2.37. The van der Waals surface area contributed by atoms with Gasteiger partial charge in [0, 0.05) is 11.3 Å². The predicted octanol–water partition coefficient (Wildman–Crippen LogP) is 2.67. The molecule has 1 amide bonds. The number of nitrogens with one attached hydrogen (secondary N) is 1. The Labute approximate surface area is 122 Å². The summed E-state index contributed by atoms with van der Waals surface area (Å²) in [4.78, 5) is 27.0. The molecule has 5 nitrogen and oxygen atoms in total. The van der Waals surface area contributed by atoms with E-state index < -0.39 is 5.97 Å². The van der Waals surface area contributed by atoms with Crippen LogP contribution in [0.2, 0.25) is 0 Å². The molecule has 20 heavy (non-hydrogen) atoms. The second kappa shape index (κ2) is 5.91. The summed E-state index contributed by atoms with van der Waals surface area (Å²) < 4.78 is 0. The van der Waals surface area contributed by atoms with Crippen LogP contribution in [0, 0.1) is 11.3 Å². The molecule has 0 spiro atoms. The summed E-state index contributed by atoms with van der Waals surface area (Å²) in [5.74, 6) is -0.941. The van der Waals surface area contributed by atoms with Crippen LogP contribution in [0.1, 0.15) is 55.0 Å². The van der Waals surface area contributed by atoms with Crippen molar-refractivity contribution >= 4 is 23.2 Å². The summed E-state index contributed by atoms with van der Waals surface area (Å²) in [7, 11) is 0. The molecule has 6 heteroatoms. The highest BCUT2D eigenvalue weighted by Gasteiger charge is 2.36. The molecule has 1 aromatic heterocycles. The highest BCUT2D eigenvalue weighted by Crippen LogP contribution is 2.40. The fourth-order valence-corrected chi connectivity index (χ4v) is 3.46. The molecule has 1 fully saturated rings. The number of carbonyl (C=O) groups excluding carboxylic acids is 1. The van der Waals surface area contributed by atoms with Crippen LogP contribution in [0.4, 0.5) is 0 Å². The van der Waals surface area contributed by atoms with Gasteiger partial charge in [-0.05, 0) is 18.3 Å². The number of carboxylic acid groups (broad SMARTS) is 1. The second-order valence-electron chi connectivity index (χ2n) is 5.94. The zero-order valence-corrected chi connectivity index (χ0v) is 12.6. The fourth-order valence-electron chi connectivity index (χ4n) is 2.76. The van der Waals surface area contributed by atoms with Crippen LogP contribution in [-0.2, 0) is 11.3 Å². The van der Waals surface area contributed by atoms with E-state index in [1.165, 1.54) is 23.1 Å². The fraction of sp³-hybridized carbons (Fsp3) is 0.643. The molecular formula is C14H20N2O3S. The molecular weight excluding hydrogens is 276 g/mol. The first-order valence-corrected chi connectivity index (χ1v) is 7.73. The van der Waals surface area contributed by atoms with E-state index in [1.807, 2.05) is 0 Å². The van der Waals surface area contributed by atoms with Gasteiger partial charge in [0.25, 0.3) is 0 Å². The highest BCUT2D eigenvalue weighted by molar-refractivity contribution is 7.09. The molecule has 2 rings (SSSR count). The maximum Gasteiger partial charge on any atom is 0.355 e. The molecule has 0 aliphatic heterocycles. The number of amides is 1. The Kier molecular flexibility index (Phi) is 4.42. The summed E-state index contributed by atoms with van der Waals surface area (Å²) in [6.07, 6.45) is 4.29. The van der Waals surface area contributed by atoms with Gasteiger partial charge in [-0.25, -0.2) is 9.78 Å². The Morgan fingerprint density at radius 3 is 2.85 bits per heavy atom. The standard InChI is InChI=1S/C14H20N2O3S/c1-14(2)6-4-3-5-9(14)12(17)15-7-11-16-10(8-20-11)13(18)19/h8-9H,3-7H2,1-2H3,(H,15,17)(H,18,19). The summed E-state index contributed by atoms with van der Waals surface area (Å²) in [6.45, 7) is 4.59. The molecule has 1 aliphatic carbocycles. The Bertz CT molecular complexity index is 510. The highest BCUT2D eigenvalue weighted by atomic mass is 32.1. The third kappa shape index (κ3) is 3.36. The van der Waals surface area contributed by atoms with E-state index in [2.05, 4.69) is 24.1 Å². The van der Waals surface area contributed by atoms with Crippen molar-refractivity contribution in [2.24, 2.45) is 11.3 Å². The predicted molar refractivity (Wildman–Crippen MR) is 76.7 cm³/mol. The van der Waals surface area contributed by atoms with Gasteiger partial charge in [0.1, 0.15) is 5.01 Å². The van der Waals surface area contributed by atoms with E-state index in [-0.39, 0.29) is 22.9 Å². The van der Waals surface area contributed by atoms with Crippen molar-refractivity contribution in [3.8, 4) is 0 Å². The third-order valence-corrected chi connectivity index (χ3v) is 4.86. The molecule has 110 valence electrons. The lowest BCUT2D eigenvalue weighted by atomic mass is 9.68. The van der Waals surface area contributed by atoms with Crippen LogP contribution < -0.4 is 5.32 Å². The van der Waals surface area contributed by atoms with E-state index in [0.29, 0.717) is 11.6 Å². The van der Waals surface area contributed by atoms with Crippen molar-refractivity contribution in [3.05, 3.63) is 16.1 Å². The number of aromatic carboxylic acids is 1. The molecule has 1 atom stereocenters. The molecule has 1 unspecified atom stereocenters. The zero-order valence-electron chi connectivity index (χ0n) is 11.8. The van der Waals surface area contributed by atoms with Crippen molar-refractivity contribution in [1.29, 1.82) is 0 Å². The molecule has 2 N–H and O–H groups in total. The number of nitrogens with zero attached hydrogens (tertiary/aromatic N) is 1. The molecule has 1 aromatic rings. The van der Waals surface area contributed by atoms with Crippen LogP contribution in [0.25, 0.3) is 0 Å². The monoisotopic (exact) mass is 296 g/mol. The van der Waals surface area contributed by atoms with Crippen molar-refractivity contribution in [1.82, 2.24) is 10.3 Å². The van der Waals surface area contributed by atoms with Gasteiger partial charge in [-0.15, -0.1) is 11.3 Å². The number of hydrogen-bond acceptors (Lipinski definition) is 4. The average molecular weight is 296 g/mol. The summed E-state index contributed by atoms with van der Waals surface area (Å²) in [5.41, 5.74) is 0.0782. The maximum absolute atomic E-state index is 12.3. The van der Waals surface area contributed by atoms with E-state index in [1.54, 1.807) is 0 Å². The first-order chi connectivity index (χ1) is 9.40.